The molecule has 0 spiro atoms. The average Bonchev–Trinajstić information content (AvgIpc) is 2.78. The van der Waals surface area contributed by atoms with Crippen molar-refractivity contribution in [3.63, 3.8) is 0 Å². The van der Waals surface area contributed by atoms with Crippen LogP contribution in [0.15, 0.2) is 73.1 Å². The van der Waals surface area contributed by atoms with Gasteiger partial charge in [-0.2, -0.15) is 13.2 Å². The van der Waals surface area contributed by atoms with Crippen molar-refractivity contribution in [3.05, 3.63) is 95.3 Å². The molecule has 1 heterocycles. The number of hydrogen-bond donors (Lipinski definition) is 2. The molecule has 0 aliphatic carbocycles. The van der Waals surface area contributed by atoms with Gasteiger partial charge in [-0.05, 0) is 42.0 Å². The highest BCUT2D eigenvalue weighted by atomic mass is 19.4. The Morgan fingerprint density at radius 2 is 1.78 bits per heavy atom. The molecule has 6 nitrogen and oxygen atoms in total. The van der Waals surface area contributed by atoms with Crippen LogP contribution in [-0.2, 0) is 24.0 Å². The van der Waals surface area contributed by atoms with Gasteiger partial charge >= 0.3 is 12.1 Å². The number of carbonyl (C=O) groups is 2. The molecule has 0 saturated heterocycles. The van der Waals surface area contributed by atoms with Gasteiger partial charge in [-0.15, -0.1) is 0 Å². The molecule has 1 atom stereocenters. The zero-order valence-corrected chi connectivity index (χ0v) is 16.7. The van der Waals surface area contributed by atoms with E-state index in [-0.39, 0.29) is 18.6 Å². The molecule has 32 heavy (non-hydrogen) atoms. The number of alkyl halides is 3. The Labute approximate surface area is 181 Å². The molecule has 1 amide bonds. The number of aromatic nitrogens is 1. The lowest BCUT2D eigenvalue weighted by molar-refractivity contribution is -0.139. The highest BCUT2D eigenvalue weighted by molar-refractivity contribution is 5.97. The fourth-order valence-corrected chi connectivity index (χ4v) is 2.88. The van der Waals surface area contributed by atoms with Gasteiger partial charge in [0.1, 0.15) is 18.4 Å². The molecule has 3 rings (SSSR count). The van der Waals surface area contributed by atoms with E-state index in [1.165, 1.54) is 24.3 Å². The smallest absolute Gasteiger partial charge is 0.416 e. The van der Waals surface area contributed by atoms with Crippen LogP contribution in [0, 0.1) is 0 Å². The van der Waals surface area contributed by atoms with E-state index in [1.807, 2.05) is 6.07 Å². The zero-order chi connectivity index (χ0) is 23.1. The van der Waals surface area contributed by atoms with Gasteiger partial charge in [-0.3, -0.25) is 9.78 Å². The highest BCUT2D eigenvalue weighted by Gasteiger charge is 2.30. The molecule has 1 aromatic heterocycles. The van der Waals surface area contributed by atoms with Crippen molar-refractivity contribution in [2.45, 2.75) is 25.2 Å². The Balaban J connectivity index is 1.65. The molecule has 0 radical (unpaired) electrons. The first-order chi connectivity index (χ1) is 15.2. The lowest BCUT2D eigenvalue weighted by Crippen LogP contribution is -2.42. The van der Waals surface area contributed by atoms with Gasteiger partial charge in [0, 0.05) is 29.9 Å². The largest absolute Gasteiger partial charge is 0.489 e. The molecular weight excluding hydrogens is 425 g/mol. The SMILES string of the molecule is O=C(N[C@H](Cc1ccc(C(F)(F)F)cc1)C(=O)O)c1cccc(OCc2cccnc2)c1. The summed E-state index contributed by atoms with van der Waals surface area (Å²) in [5, 5.41) is 11.9. The summed E-state index contributed by atoms with van der Waals surface area (Å²) >= 11 is 0. The summed E-state index contributed by atoms with van der Waals surface area (Å²) in [5.41, 5.74) is 0.539. The number of rotatable bonds is 8. The summed E-state index contributed by atoms with van der Waals surface area (Å²) in [5.74, 6) is -1.53. The third-order valence-corrected chi connectivity index (χ3v) is 4.55. The summed E-state index contributed by atoms with van der Waals surface area (Å²) in [4.78, 5) is 28.2. The van der Waals surface area contributed by atoms with Crippen LogP contribution in [0.4, 0.5) is 13.2 Å². The molecule has 0 fully saturated rings. The normalized spacial score (nSPS) is 12.1. The van der Waals surface area contributed by atoms with E-state index in [4.69, 9.17) is 4.74 Å². The van der Waals surface area contributed by atoms with E-state index in [0.29, 0.717) is 11.3 Å². The number of carboxylic acid groups (broad SMARTS) is 1. The maximum absolute atomic E-state index is 12.7. The van der Waals surface area contributed by atoms with Crippen LogP contribution in [0.1, 0.15) is 27.0 Å². The van der Waals surface area contributed by atoms with Crippen LogP contribution < -0.4 is 10.1 Å². The summed E-state index contributed by atoms with van der Waals surface area (Å²) < 4.78 is 43.7. The molecule has 3 aromatic rings. The number of carbonyl (C=O) groups excluding carboxylic acids is 1. The van der Waals surface area contributed by atoms with Gasteiger partial charge in [-0.25, -0.2) is 4.79 Å². The minimum atomic E-state index is -4.48. The number of benzene rings is 2. The number of nitrogens with zero attached hydrogens (tertiary/aromatic N) is 1. The fourth-order valence-electron chi connectivity index (χ4n) is 2.88. The predicted molar refractivity (Wildman–Crippen MR) is 109 cm³/mol. The minimum Gasteiger partial charge on any atom is -0.489 e. The number of halogens is 3. The first-order valence-electron chi connectivity index (χ1n) is 9.54. The van der Waals surface area contributed by atoms with E-state index >= 15 is 0 Å². The second kappa shape index (κ2) is 9.95. The Morgan fingerprint density at radius 1 is 1.03 bits per heavy atom. The molecule has 9 heteroatoms. The number of pyridine rings is 1. The number of ether oxygens (including phenoxy) is 1. The van der Waals surface area contributed by atoms with Crippen molar-refractivity contribution >= 4 is 11.9 Å². The summed E-state index contributed by atoms with van der Waals surface area (Å²) in [6.07, 6.45) is -1.37. The van der Waals surface area contributed by atoms with Crippen molar-refractivity contribution in [1.82, 2.24) is 10.3 Å². The number of aliphatic carboxylic acids is 1. The third kappa shape index (κ3) is 6.31. The van der Waals surface area contributed by atoms with Gasteiger partial charge in [0.15, 0.2) is 0 Å². The average molecular weight is 444 g/mol. The third-order valence-electron chi connectivity index (χ3n) is 4.55. The van der Waals surface area contributed by atoms with Crippen molar-refractivity contribution < 1.29 is 32.6 Å². The van der Waals surface area contributed by atoms with Crippen molar-refractivity contribution in [2.24, 2.45) is 0 Å². The van der Waals surface area contributed by atoms with E-state index in [1.54, 1.807) is 30.6 Å². The van der Waals surface area contributed by atoms with E-state index in [0.717, 1.165) is 17.7 Å². The minimum absolute atomic E-state index is 0.170. The van der Waals surface area contributed by atoms with Crippen LogP contribution in [0.3, 0.4) is 0 Å². The highest BCUT2D eigenvalue weighted by Crippen LogP contribution is 2.29. The predicted octanol–water partition coefficient (Wildman–Crippen LogP) is 4.11. The van der Waals surface area contributed by atoms with Gasteiger partial charge < -0.3 is 15.2 Å². The van der Waals surface area contributed by atoms with Crippen molar-refractivity contribution in [1.29, 1.82) is 0 Å². The van der Waals surface area contributed by atoms with Crippen LogP contribution >= 0.6 is 0 Å². The monoisotopic (exact) mass is 444 g/mol. The second-order valence-electron chi connectivity index (χ2n) is 6.94. The Kier molecular flexibility index (Phi) is 7.09. The fraction of sp³-hybridized carbons (Fsp3) is 0.174. The van der Waals surface area contributed by atoms with Crippen LogP contribution in [-0.4, -0.2) is 28.0 Å². The van der Waals surface area contributed by atoms with Gasteiger partial charge in [0.05, 0.1) is 5.56 Å². The molecule has 0 aliphatic rings. The van der Waals surface area contributed by atoms with Gasteiger partial charge in [0.2, 0.25) is 0 Å². The number of amides is 1. The number of hydrogen-bond acceptors (Lipinski definition) is 4. The van der Waals surface area contributed by atoms with E-state index in [2.05, 4.69) is 10.3 Å². The maximum Gasteiger partial charge on any atom is 0.416 e. The van der Waals surface area contributed by atoms with Crippen molar-refractivity contribution in [3.8, 4) is 5.75 Å². The number of nitrogens with one attached hydrogen (secondary N) is 1. The quantitative estimate of drug-likeness (QED) is 0.546. The summed E-state index contributed by atoms with van der Waals surface area (Å²) in [7, 11) is 0. The van der Waals surface area contributed by atoms with Crippen LogP contribution in [0.25, 0.3) is 0 Å². The molecule has 2 aromatic carbocycles. The Bertz CT molecular complexity index is 1070. The Hall–Kier alpha value is -3.88. The van der Waals surface area contributed by atoms with Crippen LogP contribution in [0.5, 0.6) is 5.75 Å². The zero-order valence-electron chi connectivity index (χ0n) is 16.7. The molecule has 0 aliphatic heterocycles. The Morgan fingerprint density at radius 3 is 2.41 bits per heavy atom. The number of carboxylic acids is 1. The molecule has 0 bridgehead atoms. The summed E-state index contributed by atoms with van der Waals surface area (Å²) in [6.45, 7) is 0.241. The van der Waals surface area contributed by atoms with E-state index in [9.17, 15) is 27.9 Å². The lowest BCUT2D eigenvalue weighted by Gasteiger charge is -2.16. The molecule has 166 valence electrons. The maximum atomic E-state index is 12.7. The van der Waals surface area contributed by atoms with Crippen LogP contribution in [0.2, 0.25) is 0 Å². The molecular formula is C23H19F3N2O4. The lowest BCUT2D eigenvalue weighted by atomic mass is 10.0. The molecule has 0 saturated carbocycles. The molecule has 0 unspecified atom stereocenters. The standard InChI is InChI=1S/C23H19F3N2O4/c24-23(25,26)18-8-6-15(7-9-18)11-20(22(30)31)28-21(29)17-4-1-5-19(12-17)32-14-16-3-2-10-27-13-16/h1-10,12-13,20H,11,14H2,(H,28,29)(H,30,31)/t20-/m1/s1. The second-order valence-corrected chi connectivity index (χ2v) is 6.94. The summed E-state index contributed by atoms with van der Waals surface area (Å²) in [6, 6.07) is 12.6. The first kappa shape index (κ1) is 22.8. The topological polar surface area (TPSA) is 88.5 Å². The molecule has 2 N–H and O–H groups in total. The first-order valence-corrected chi connectivity index (χ1v) is 9.54. The van der Waals surface area contributed by atoms with Gasteiger partial charge in [0.25, 0.3) is 5.91 Å². The van der Waals surface area contributed by atoms with Gasteiger partial charge in [-0.1, -0.05) is 24.3 Å². The van der Waals surface area contributed by atoms with E-state index < -0.39 is 29.7 Å². The van der Waals surface area contributed by atoms with Crippen molar-refractivity contribution in [2.75, 3.05) is 0 Å².